The van der Waals surface area contributed by atoms with Gasteiger partial charge < -0.3 is 10.2 Å². The maximum Gasteiger partial charge on any atom is 0.272 e. The Balaban J connectivity index is 1.83. The highest BCUT2D eigenvalue weighted by molar-refractivity contribution is 5.92. The number of amides is 1. The Kier molecular flexibility index (Phi) is 3.47. The molecule has 1 amide bonds. The topological polar surface area (TPSA) is 63.1 Å². The highest BCUT2D eigenvalue weighted by Gasteiger charge is 2.24. The third-order valence-corrected chi connectivity index (χ3v) is 3.63. The van der Waals surface area contributed by atoms with E-state index in [1.807, 2.05) is 25.4 Å². The van der Waals surface area contributed by atoms with E-state index in [4.69, 9.17) is 0 Å². The standard InChI is InChI=1S/C14H17N5O/c1-18(12-3-6-15-10-12)14(20)13-9-11(4-7-16-13)19-8-2-5-17-19/h2,4-5,7-9,12,15H,3,6,10H2,1H3. The summed E-state index contributed by atoms with van der Waals surface area (Å²) in [7, 11) is 1.84. The fourth-order valence-corrected chi connectivity index (χ4v) is 2.42. The SMILES string of the molecule is CN(C(=O)c1cc(-n2cccn2)ccn1)C1CCNC1. The number of pyridine rings is 1. The van der Waals surface area contributed by atoms with Gasteiger partial charge in [0.2, 0.25) is 0 Å². The number of rotatable bonds is 3. The summed E-state index contributed by atoms with van der Waals surface area (Å²) in [6.07, 6.45) is 6.18. The molecule has 1 unspecified atom stereocenters. The normalized spacial score (nSPS) is 18.1. The molecular weight excluding hydrogens is 254 g/mol. The Morgan fingerprint density at radius 2 is 2.40 bits per heavy atom. The maximum absolute atomic E-state index is 12.5. The average Bonchev–Trinajstić information content (AvgIpc) is 3.18. The Morgan fingerprint density at radius 3 is 3.10 bits per heavy atom. The van der Waals surface area contributed by atoms with Crippen molar-refractivity contribution in [1.82, 2.24) is 25.0 Å². The summed E-state index contributed by atoms with van der Waals surface area (Å²) < 4.78 is 1.72. The van der Waals surface area contributed by atoms with Crippen molar-refractivity contribution >= 4 is 5.91 Å². The van der Waals surface area contributed by atoms with Crippen molar-refractivity contribution < 1.29 is 4.79 Å². The zero-order valence-corrected chi connectivity index (χ0v) is 11.4. The molecule has 0 bridgehead atoms. The van der Waals surface area contributed by atoms with Crippen LogP contribution in [-0.2, 0) is 0 Å². The summed E-state index contributed by atoms with van der Waals surface area (Å²) in [6, 6.07) is 5.70. The fourth-order valence-electron chi connectivity index (χ4n) is 2.42. The fraction of sp³-hybridized carbons (Fsp3) is 0.357. The number of hydrogen-bond acceptors (Lipinski definition) is 4. The van der Waals surface area contributed by atoms with Gasteiger partial charge >= 0.3 is 0 Å². The molecule has 1 N–H and O–H groups in total. The second kappa shape index (κ2) is 5.42. The summed E-state index contributed by atoms with van der Waals surface area (Å²) in [5.74, 6) is -0.0484. The van der Waals surface area contributed by atoms with E-state index in [1.54, 1.807) is 28.0 Å². The van der Waals surface area contributed by atoms with Crippen LogP contribution in [0.5, 0.6) is 0 Å². The Labute approximate surface area is 117 Å². The predicted octanol–water partition coefficient (Wildman–Crippen LogP) is 0.701. The second-order valence-electron chi connectivity index (χ2n) is 4.91. The van der Waals surface area contributed by atoms with Crippen molar-refractivity contribution in [2.45, 2.75) is 12.5 Å². The van der Waals surface area contributed by atoms with Crippen LogP contribution in [0.2, 0.25) is 0 Å². The summed E-state index contributed by atoms with van der Waals surface area (Å²) in [4.78, 5) is 18.4. The molecule has 0 aliphatic carbocycles. The van der Waals surface area contributed by atoms with Gasteiger partial charge in [0.25, 0.3) is 5.91 Å². The molecule has 6 heteroatoms. The van der Waals surface area contributed by atoms with E-state index >= 15 is 0 Å². The number of hydrogen-bond donors (Lipinski definition) is 1. The third kappa shape index (κ3) is 2.42. The number of carbonyl (C=O) groups excluding carboxylic acids is 1. The molecule has 0 radical (unpaired) electrons. The van der Waals surface area contributed by atoms with Crippen LogP contribution in [0, 0.1) is 0 Å². The highest BCUT2D eigenvalue weighted by atomic mass is 16.2. The lowest BCUT2D eigenvalue weighted by atomic mass is 10.2. The van der Waals surface area contributed by atoms with Gasteiger partial charge in [0.05, 0.1) is 5.69 Å². The molecule has 1 aliphatic heterocycles. The molecule has 3 heterocycles. The number of nitrogens with one attached hydrogen (secondary N) is 1. The van der Waals surface area contributed by atoms with Gasteiger partial charge in [-0.1, -0.05) is 0 Å². The first-order valence-electron chi connectivity index (χ1n) is 6.69. The zero-order valence-electron chi connectivity index (χ0n) is 11.4. The summed E-state index contributed by atoms with van der Waals surface area (Å²) in [5, 5.41) is 7.43. The molecule has 2 aromatic heterocycles. The largest absolute Gasteiger partial charge is 0.336 e. The molecule has 104 valence electrons. The molecule has 0 spiro atoms. The molecule has 1 saturated heterocycles. The van der Waals surface area contributed by atoms with E-state index in [-0.39, 0.29) is 11.9 Å². The first-order chi connectivity index (χ1) is 9.75. The van der Waals surface area contributed by atoms with E-state index in [9.17, 15) is 4.79 Å². The van der Waals surface area contributed by atoms with Crippen LogP contribution in [0.15, 0.2) is 36.8 Å². The zero-order chi connectivity index (χ0) is 13.9. The van der Waals surface area contributed by atoms with Gasteiger partial charge in [0.1, 0.15) is 5.69 Å². The van der Waals surface area contributed by atoms with Gasteiger partial charge in [-0.2, -0.15) is 5.10 Å². The Morgan fingerprint density at radius 1 is 1.50 bits per heavy atom. The number of aromatic nitrogens is 3. The van der Waals surface area contributed by atoms with Gasteiger partial charge in [-0.05, 0) is 31.2 Å². The lowest BCUT2D eigenvalue weighted by Gasteiger charge is -2.23. The molecule has 3 rings (SSSR count). The summed E-state index contributed by atoms with van der Waals surface area (Å²) in [5.41, 5.74) is 1.29. The van der Waals surface area contributed by atoms with Crippen LogP contribution in [-0.4, -0.2) is 51.8 Å². The van der Waals surface area contributed by atoms with Crippen LogP contribution in [0.25, 0.3) is 5.69 Å². The van der Waals surface area contributed by atoms with Crippen LogP contribution in [0.4, 0.5) is 0 Å². The smallest absolute Gasteiger partial charge is 0.272 e. The quantitative estimate of drug-likeness (QED) is 0.892. The minimum absolute atomic E-state index is 0.0484. The molecule has 1 fully saturated rings. The molecule has 1 aliphatic rings. The molecule has 6 nitrogen and oxygen atoms in total. The lowest BCUT2D eigenvalue weighted by molar-refractivity contribution is 0.0738. The van der Waals surface area contributed by atoms with Crippen LogP contribution in [0.1, 0.15) is 16.9 Å². The van der Waals surface area contributed by atoms with Crippen LogP contribution >= 0.6 is 0 Å². The molecular formula is C14H17N5O. The predicted molar refractivity (Wildman–Crippen MR) is 74.7 cm³/mol. The van der Waals surface area contributed by atoms with E-state index < -0.39 is 0 Å². The highest BCUT2D eigenvalue weighted by Crippen LogP contribution is 2.12. The first kappa shape index (κ1) is 12.8. The average molecular weight is 271 g/mol. The number of likely N-dealkylation sites (N-methyl/N-ethyl adjacent to an activating group) is 1. The maximum atomic E-state index is 12.5. The summed E-state index contributed by atoms with van der Waals surface area (Å²) in [6.45, 7) is 1.81. The van der Waals surface area contributed by atoms with Crippen LogP contribution < -0.4 is 5.32 Å². The molecule has 2 aromatic rings. The molecule has 1 atom stereocenters. The van der Waals surface area contributed by atoms with Crippen molar-refractivity contribution in [2.75, 3.05) is 20.1 Å². The van der Waals surface area contributed by atoms with E-state index in [2.05, 4.69) is 15.4 Å². The van der Waals surface area contributed by atoms with E-state index in [0.29, 0.717) is 5.69 Å². The van der Waals surface area contributed by atoms with Crippen LogP contribution in [0.3, 0.4) is 0 Å². The van der Waals surface area contributed by atoms with Crippen molar-refractivity contribution in [2.24, 2.45) is 0 Å². The van der Waals surface area contributed by atoms with Crippen molar-refractivity contribution in [3.63, 3.8) is 0 Å². The molecule has 0 aromatic carbocycles. The Bertz CT molecular complexity index is 589. The van der Waals surface area contributed by atoms with E-state index in [1.165, 1.54) is 0 Å². The Hall–Kier alpha value is -2.21. The lowest BCUT2D eigenvalue weighted by Crippen LogP contribution is -2.38. The van der Waals surface area contributed by atoms with Gasteiger partial charge in [0.15, 0.2) is 0 Å². The molecule has 0 saturated carbocycles. The third-order valence-electron chi connectivity index (χ3n) is 3.63. The van der Waals surface area contributed by atoms with Crippen molar-refractivity contribution in [3.8, 4) is 5.69 Å². The minimum Gasteiger partial charge on any atom is -0.336 e. The van der Waals surface area contributed by atoms with Gasteiger partial charge in [-0.25, -0.2) is 4.68 Å². The summed E-state index contributed by atoms with van der Waals surface area (Å²) >= 11 is 0. The van der Waals surface area contributed by atoms with E-state index in [0.717, 1.165) is 25.2 Å². The number of carbonyl (C=O) groups is 1. The van der Waals surface area contributed by atoms with Crippen molar-refractivity contribution in [3.05, 3.63) is 42.5 Å². The monoisotopic (exact) mass is 271 g/mol. The number of nitrogens with zero attached hydrogens (tertiary/aromatic N) is 4. The van der Waals surface area contributed by atoms with Crippen molar-refractivity contribution in [1.29, 1.82) is 0 Å². The van der Waals surface area contributed by atoms with Gasteiger partial charge in [-0.3, -0.25) is 9.78 Å². The second-order valence-corrected chi connectivity index (χ2v) is 4.91. The van der Waals surface area contributed by atoms with Gasteiger partial charge in [0, 0.05) is 38.2 Å². The minimum atomic E-state index is -0.0484. The molecule has 20 heavy (non-hydrogen) atoms. The van der Waals surface area contributed by atoms with Gasteiger partial charge in [-0.15, -0.1) is 0 Å². The first-order valence-corrected chi connectivity index (χ1v) is 6.69.